The Morgan fingerprint density at radius 2 is 1.96 bits per heavy atom. The molecule has 2 heterocycles. The molecule has 0 amide bonds. The maximum atomic E-state index is 13.1. The SMILES string of the molecule is CCN(C(C)c1ccc(F)cc1)S(=O)(=O)c1cncc(C2COC2)c1. The Morgan fingerprint density at radius 1 is 1.28 bits per heavy atom. The van der Waals surface area contributed by atoms with Crippen LogP contribution in [0.4, 0.5) is 4.39 Å². The van der Waals surface area contributed by atoms with E-state index in [1.54, 1.807) is 38.2 Å². The second-order valence-corrected chi connectivity index (χ2v) is 8.01. The molecule has 5 nitrogen and oxygen atoms in total. The number of hydrogen-bond acceptors (Lipinski definition) is 4. The van der Waals surface area contributed by atoms with Crippen molar-refractivity contribution in [2.75, 3.05) is 19.8 Å². The number of benzene rings is 1. The zero-order chi connectivity index (χ0) is 18.0. The largest absolute Gasteiger partial charge is 0.380 e. The topological polar surface area (TPSA) is 59.5 Å². The monoisotopic (exact) mass is 364 g/mol. The van der Waals surface area contributed by atoms with E-state index in [9.17, 15) is 12.8 Å². The Labute approximate surface area is 147 Å². The highest BCUT2D eigenvalue weighted by Gasteiger charge is 2.30. The third-order valence-electron chi connectivity index (χ3n) is 4.55. The minimum Gasteiger partial charge on any atom is -0.380 e. The van der Waals surface area contributed by atoms with Gasteiger partial charge in [-0.15, -0.1) is 0 Å². The smallest absolute Gasteiger partial charge is 0.245 e. The average molecular weight is 364 g/mol. The minimum absolute atomic E-state index is 0.174. The van der Waals surface area contributed by atoms with Crippen molar-refractivity contribution in [1.29, 1.82) is 0 Å². The summed E-state index contributed by atoms with van der Waals surface area (Å²) in [5, 5.41) is 0. The molecular weight excluding hydrogens is 343 g/mol. The molecule has 1 aliphatic heterocycles. The van der Waals surface area contributed by atoms with E-state index < -0.39 is 16.1 Å². The lowest BCUT2D eigenvalue weighted by Gasteiger charge is -2.29. The summed E-state index contributed by atoms with van der Waals surface area (Å²) in [4.78, 5) is 4.28. The lowest BCUT2D eigenvalue weighted by molar-refractivity contribution is 0.00819. The highest BCUT2D eigenvalue weighted by molar-refractivity contribution is 7.89. The van der Waals surface area contributed by atoms with E-state index in [0.717, 1.165) is 11.1 Å². The number of rotatable bonds is 6. The third-order valence-corrected chi connectivity index (χ3v) is 6.56. The molecule has 134 valence electrons. The van der Waals surface area contributed by atoms with Crippen LogP contribution in [0.25, 0.3) is 0 Å². The van der Waals surface area contributed by atoms with Crippen LogP contribution in [0.1, 0.15) is 36.9 Å². The van der Waals surface area contributed by atoms with Crippen LogP contribution >= 0.6 is 0 Å². The number of nitrogens with zero attached hydrogens (tertiary/aromatic N) is 2. The van der Waals surface area contributed by atoms with Gasteiger partial charge in [-0.1, -0.05) is 19.1 Å². The minimum atomic E-state index is -3.71. The van der Waals surface area contributed by atoms with Gasteiger partial charge in [0.1, 0.15) is 10.7 Å². The lowest BCUT2D eigenvalue weighted by atomic mass is 10.00. The molecular formula is C18H21FN2O3S. The maximum absolute atomic E-state index is 13.1. The van der Waals surface area contributed by atoms with Gasteiger partial charge in [0.2, 0.25) is 10.0 Å². The Bertz CT molecular complexity index is 836. The molecule has 1 aliphatic rings. The van der Waals surface area contributed by atoms with Gasteiger partial charge in [-0.25, -0.2) is 12.8 Å². The van der Waals surface area contributed by atoms with Crippen molar-refractivity contribution < 1.29 is 17.5 Å². The molecule has 1 atom stereocenters. The molecule has 0 aliphatic carbocycles. The summed E-state index contributed by atoms with van der Waals surface area (Å²) in [5.41, 5.74) is 1.61. The van der Waals surface area contributed by atoms with Gasteiger partial charge in [-0.3, -0.25) is 4.98 Å². The summed E-state index contributed by atoms with van der Waals surface area (Å²) in [6.07, 6.45) is 3.06. The number of aromatic nitrogens is 1. The molecule has 1 saturated heterocycles. The third kappa shape index (κ3) is 3.58. The first-order valence-electron chi connectivity index (χ1n) is 8.23. The fourth-order valence-electron chi connectivity index (χ4n) is 2.92. The average Bonchev–Trinajstić information content (AvgIpc) is 2.54. The van der Waals surface area contributed by atoms with Crippen LogP contribution in [0.3, 0.4) is 0 Å². The van der Waals surface area contributed by atoms with Gasteiger partial charge in [0.05, 0.1) is 13.2 Å². The maximum Gasteiger partial charge on any atom is 0.245 e. The molecule has 1 aromatic carbocycles. The highest BCUT2D eigenvalue weighted by atomic mass is 32.2. The van der Waals surface area contributed by atoms with Gasteiger partial charge in [0.15, 0.2) is 0 Å². The summed E-state index contributed by atoms with van der Waals surface area (Å²) in [5.74, 6) is -0.145. The molecule has 7 heteroatoms. The highest BCUT2D eigenvalue weighted by Crippen LogP contribution is 2.30. The van der Waals surface area contributed by atoms with Gasteiger partial charge in [-0.05, 0) is 36.2 Å². The van der Waals surface area contributed by atoms with Gasteiger partial charge in [0, 0.05) is 30.9 Å². The lowest BCUT2D eigenvalue weighted by Crippen LogP contribution is -2.34. The zero-order valence-electron chi connectivity index (χ0n) is 14.2. The van der Waals surface area contributed by atoms with Crippen molar-refractivity contribution in [3.63, 3.8) is 0 Å². The quantitative estimate of drug-likeness (QED) is 0.790. The van der Waals surface area contributed by atoms with Crippen LogP contribution in [0.5, 0.6) is 0 Å². The number of sulfonamides is 1. The molecule has 0 N–H and O–H groups in total. The second-order valence-electron chi connectivity index (χ2n) is 6.12. The van der Waals surface area contributed by atoms with Crippen molar-refractivity contribution in [1.82, 2.24) is 9.29 Å². The molecule has 0 spiro atoms. The van der Waals surface area contributed by atoms with E-state index >= 15 is 0 Å². The van der Waals surface area contributed by atoms with E-state index in [1.807, 2.05) is 0 Å². The van der Waals surface area contributed by atoms with Crippen molar-refractivity contribution in [2.45, 2.75) is 30.7 Å². The van der Waals surface area contributed by atoms with E-state index in [1.165, 1.54) is 22.6 Å². The first kappa shape index (κ1) is 18.0. The van der Waals surface area contributed by atoms with Gasteiger partial charge in [0.25, 0.3) is 0 Å². The standard InChI is InChI=1S/C18H21FN2O3S/c1-3-21(13(2)14-4-6-17(19)7-5-14)25(22,23)18-8-15(9-20-10-18)16-11-24-12-16/h4-10,13,16H,3,11-12H2,1-2H3. The summed E-state index contributed by atoms with van der Waals surface area (Å²) in [7, 11) is -3.71. The molecule has 1 fully saturated rings. The molecule has 0 saturated carbocycles. The van der Waals surface area contributed by atoms with Crippen molar-refractivity contribution in [3.8, 4) is 0 Å². The predicted molar refractivity (Wildman–Crippen MR) is 92.2 cm³/mol. The van der Waals surface area contributed by atoms with Crippen LogP contribution in [0.15, 0.2) is 47.6 Å². The van der Waals surface area contributed by atoms with Crippen LogP contribution in [0.2, 0.25) is 0 Å². The van der Waals surface area contributed by atoms with Crippen molar-refractivity contribution in [2.24, 2.45) is 0 Å². The molecule has 2 aromatic rings. The summed E-state index contributed by atoms with van der Waals surface area (Å²) >= 11 is 0. The van der Waals surface area contributed by atoms with Crippen LogP contribution in [0, 0.1) is 5.82 Å². The number of ether oxygens (including phenoxy) is 1. The number of halogens is 1. The van der Waals surface area contributed by atoms with Crippen LogP contribution < -0.4 is 0 Å². The fraction of sp³-hybridized carbons (Fsp3) is 0.389. The molecule has 1 unspecified atom stereocenters. The summed E-state index contributed by atoms with van der Waals surface area (Å²) in [6, 6.07) is 7.16. The fourth-order valence-corrected chi connectivity index (χ4v) is 4.55. The molecule has 0 radical (unpaired) electrons. The van der Waals surface area contributed by atoms with E-state index in [-0.39, 0.29) is 16.6 Å². The molecule has 25 heavy (non-hydrogen) atoms. The Kier molecular flexibility index (Phi) is 5.17. The zero-order valence-corrected chi connectivity index (χ0v) is 15.0. The van der Waals surface area contributed by atoms with Crippen LogP contribution in [-0.2, 0) is 14.8 Å². The Balaban J connectivity index is 1.92. The summed E-state index contributed by atoms with van der Waals surface area (Å²) < 4.78 is 45.9. The first-order valence-corrected chi connectivity index (χ1v) is 9.67. The second kappa shape index (κ2) is 7.19. The van der Waals surface area contributed by atoms with E-state index in [4.69, 9.17) is 4.74 Å². The van der Waals surface area contributed by atoms with Crippen molar-refractivity contribution in [3.05, 3.63) is 59.7 Å². The Hall–Kier alpha value is -1.83. The van der Waals surface area contributed by atoms with E-state index in [0.29, 0.717) is 19.8 Å². The van der Waals surface area contributed by atoms with Crippen molar-refractivity contribution >= 4 is 10.0 Å². The summed E-state index contributed by atoms with van der Waals surface area (Å²) in [6.45, 7) is 5.07. The van der Waals surface area contributed by atoms with Gasteiger partial charge in [-0.2, -0.15) is 4.31 Å². The number of pyridine rings is 1. The van der Waals surface area contributed by atoms with Gasteiger partial charge < -0.3 is 4.74 Å². The number of hydrogen-bond donors (Lipinski definition) is 0. The van der Waals surface area contributed by atoms with Crippen LogP contribution in [-0.4, -0.2) is 37.5 Å². The first-order chi connectivity index (χ1) is 11.9. The molecule has 3 rings (SSSR count). The molecule has 0 bridgehead atoms. The molecule has 1 aromatic heterocycles. The van der Waals surface area contributed by atoms with E-state index in [2.05, 4.69) is 4.98 Å². The van der Waals surface area contributed by atoms with Gasteiger partial charge >= 0.3 is 0 Å². The predicted octanol–water partition coefficient (Wildman–Crippen LogP) is 3.11. The normalized spacial score (nSPS) is 16.6. The Morgan fingerprint density at radius 3 is 2.52 bits per heavy atom.